The molecule has 1 saturated heterocycles. The first-order chi connectivity index (χ1) is 8.43. The van der Waals surface area contributed by atoms with Crippen molar-refractivity contribution in [2.75, 3.05) is 32.7 Å². The minimum Gasteiger partial charge on any atom is -0.315 e. The fraction of sp³-hybridized carbons (Fsp3) is 0.600. The standard InChI is InChI=1S/C15H22N2/c1-2-5-13(6-3-1)15-11-14(15)12-17-9-4-7-16-8-10-17/h1-3,5-6,14-16H,4,7-12H2/t14-,15+/m1/s1. The molecule has 2 fully saturated rings. The Bertz CT molecular complexity index is 341. The van der Waals surface area contributed by atoms with Gasteiger partial charge in [-0.25, -0.2) is 0 Å². The van der Waals surface area contributed by atoms with Gasteiger partial charge in [-0.3, -0.25) is 0 Å². The van der Waals surface area contributed by atoms with E-state index in [4.69, 9.17) is 0 Å². The summed E-state index contributed by atoms with van der Waals surface area (Å²) in [4.78, 5) is 2.65. The molecule has 2 atom stereocenters. The summed E-state index contributed by atoms with van der Waals surface area (Å²) >= 11 is 0. The molecule has 0 radical (unpaired) electrons. The van der Waals surface area contributed by atoms with Gasteiger partial charge in [0.2, 0.25) is 0 Å². The highest BCUT2D eigenvalue weighted by Gasteiger charge is 2.38. The van der Waals surface area contributed by atoms with Crippen LogP contribution >= 0.6 is 0 Å². The molecule has 17 heavy (non-hydrogen) atoms. The first-order valence-electron chi connectivity index (χ1n) is 6.91. The van der Waals surface area contributed by atoms with E-state index >= 15 is 0 Å². The lowest BCUT2D eigenvalue weighted by Crippen LogP contribution is -2.30. The maximum absolute atomic E-state index is 3.47. The first kappa shape index (κ1) is 11.2. The largest absolute Gasteiger partial charge is 0.315 e. The fourth-order valence-electron chi connectivity index (χ4n) is 2.97. The van der Waals surface area contributed by atoms with Crippen molar-refractivity contribution >= 4 is 0 Å². The minimum atomic E-state index is 0.840. The lowest BCUT2D eigenvalue weighted by Gasteiger charge is -2.19. The number of nitrogens with zero attached hydrogens (tertiary/aromatic N) is 1. The zero-order valence-electron chi connectivity index (χ0n) is 10.4. The summed E-state index contributed by atoms with van der Waals surface area (Å²) < 4.78 is 0. The van der Waals surface area contributed by atoms with Gasteiger partial charge in [-0.05, 0) is 43.3 Å². The van der Waals surface area contributed by atoms with E-state index in [1.54, 1.807) is 5.56 Å². The highest BCUT2D eigenvalue weighted by Crippen LogP contribution is 2.47. The highest BCUT2D eigenvalue weighted by molar-refractivity contribution is 5.25. The average Bonchev–Trinajstić information content (AvgIpc) is 3.16. The van der Waals surface area contributed by atoms with Crippen LogP contribution in [0.15, 0.2) is 30.3 Å². The monoisotopic (exact) mass is 230 g/mol. The highest BCUT2D eigenvalue weighted by atomic mass is 15.2. The van der Waals surface area contributed by atoms with E-state index < -0.39 is 0 Å². The molecule has 0 aromatic heterocycles. The summed E-state index contributed by atoms with van der Waals surface area (Å²) in [5.74, 6) is 1.75. The van der Waals surface area contributed by atoms with Crippen molar-refractivity contribution in [3.8, 4) is 0 Å². The third kappa shape index (κ3) is 2.88. The maximum atomic E-state index is 3.47. The van der Waals surface area contributed by atoms with Crippen molar-refractivity contribution in [2.24, 2.45) is 5.92 Å². The van der Waals surface area contributed by atoms with Crippen LogP contribution in [0, 0.1) is 5.92 Å². The summed E-state index contributed by atoms with van der Waals surface area (Å²) in [6.45, 7) is 6.19. The molecule has 1 aliphatic carbocycles. The second-order valence-electron chi connectivity index (χ2n) is 5.42. The van der Waals surface area contributed by atoms with Crippen LogP contribution in [-0.4, -0.2) is 37.6 Å². The van der Waals surface area contributed by atoms with E-state index in [0.717, 1.165) is 11.8 Å². The molecule has 2 aliphatic rings. The molecule has 3 rings (SSSR count). The van der Waals surface area contributed by atoms with Crippen molar-refractivity contribution in [2.45, 2.75) is 18.8 Å². The summed E-state index contributed by atoms with van der Waals surface area (Å²) in [6, 6.07) is 11.0. The second-order valence-corrected chi connectivity index (χ2v) is 5.42. The van der Waals surface area contributed by atoms with Gasteiger partial charge in [0, 0.05) is 19.6 Å². The lowest BCUT2D eigenvalue weighted by molar-refractivity contribution is 0.279. The molecule has 92 valence electrons. The van der Waals surface area contributed by atoms with Crippen LogP contribution in [0.3, 0.4) is 0 Å². The van der Waals surface area contributed by atoms with Gasteiger partial charge in [0.15, 0.2) is 0 Å². The molecular weight excluding hydrogens is 208 g/mol. The van der Waals surface area contributed by atoms with Gasteiger partial charge < -0.3 is 10.2 Å². The summed E-state index contributed by atoms with van der Waals surface area (Å²) in [5, 5.41) is 3.47. The Kier molecular flexibility index (Phi) is 3.44. The van der Waals surface area contributed by atoms with Crippen molar-refractivity contribution in [3.63, 3.8) is 0 Å². The molecule has 0 spiro atoms. The van der Waals surface area contributed by atoms with Crippen LogP contribution in [0.4, 0.5) is 0 Å². The molecule has 0 bridgehead atoms. The summed E-state index contributed by atoms with van der Waals surface area (Å²) in [7, 11) is 0. The maximum Gasteiger partial charge on any atom is 0.0107 e. The Labute approximate surface area is 104 Å². The van der Waals surface area contributed by atoms with Gasteiger partial charge in [-0.2, -0.15) is 0 Å². The van der Waals surface area contributed by atoms with Crippen LogP contribution in [-0.2, 0) is 0 Å². The Balaban J connectivity index is 1.51. The van der Waals surface area contributed by atoms with E-state index in [0.29, 0.717) is 0 Å². The van der Waals surface area contributed by atoms with Crippen molar-refractivity contribution < 1.29 is 0 Å². The Hall–Kier alpha value is -0.860. The van der Waals surface area contributed by atoms with Gasteiger partial charge in [-0.1, -0.05) is 30.3 Å². The molecule has 0 amide bonds. The third-order valence-corrected chi connectivity index (χ3v) is 4.08. The van der Waals surface area contributed by atoms with Crippen LogP contribution in [0.25, 0.3) is 0 Å². The lowest BCUT2D eigenvalue weighted by atomic mass is 10.1. The zero-order chi connectivity index (χ0) is 11.5. The van der Waals surface area contributed by atoms with Crippen LogP contribution in [0.1, 0.15) is 24.3 Å². The van der Waals surface area contributed by atoms with E-state index in [1.807, 2.05) is 0 Å². The van der Waals surface area contributed by atoms with Gasteiger partial charge in [0.05, 0.1) is 0 Å². The molecule has 2 heteroatoms. The third-order valence-electron chi connectivity index (χ3n) is 4.08. The van der Waals surface area contributed by atoms with Crippen LogP contribution in [0.2, 0.25) is 0 Å². The Morgan fingerprint density at radius 3 is 2.88 bits per heavy atom. The molecule has 1 aromatic carbocycles. The normalized spacial score (nSPS) is 29.9. The Morgan fingerprint density at radius 2 is 2.00 bits per heavy atom. The second kappa shape index (κ2) is 5.19. The van der Waals surface area contributed by atoms with Gasteiger partial charge in [-0.15, -0.1) is 0 Å². The van der Waals surface area contributed by atoms with Crippen molar-refractivity contribution in [3.05, 3.63) is 35.9 Å². The number of hydrogen-bond donors (Lipinski definition) is 1. The SMILES string of the molecule is c1ccc([C@@H]2C[C@@H]2CN2CCCNCC2)cc1. The quantitative estimate of drug-likeness (QED) is 0.855. The van der Waals surface area contributed by atoms with E-state index in [-0.39, 0.29) is 0 Å². The zero-order valence-corrected chi connectivity index (χ0v) is 10.4. The van der Waals surface area contributed by atoms with Gasteiger partial charge in [0.25, 0.3) is 0 Å². The summed E-state index contributed by atoms with van der Waals surface area (Å²) in [5.41, 5.74) is 1.55. The number of benzene rings is 1. The number of nitrogens with one attached hydrogen (secondary N) is 1. The van der Waals surface area contributed by atoms with Gasteiger partial charge >= 0.3 is 0 Å². The van der Waals surface area contributed by atoms with Gasteiger partial charge in [0.1, 0.15) is 0 Å². The number of rotatable bonds is 3. The molecule has 0 unspecified atom stereocenters. The minimum absolute atomic E-state index is 0.840. The molecule has 1 saturated carbocycles. The topological polar surface area (TPSA) is 15.3 Å². The predicted octanol–water partition coefficient (Wildman–Crippen LogP) is 2.09. The molecule has 1 N–H and O–H groups in total. The van der Waals surface area contributed by atoms with Crippen molar-refractivity contribution in [1.29, 1.82) is 0 Å². The van der Waals surface area contributed by atoms with Crippen molar-refractivity contribution in [1.82, 2.24) is 10.2 Å². The molecule has 1 aromatic rings. The fourth-order valence-corrected chi connectivity index (χ4v) is 2.97. The smallest absolute Gasteiger partial charge is 0.0107 e. The van der Waals surface area contributed by atoms with Crippen LogP contribution < -0.4 is 5.32 Å². The Morgan fingerprint density at radius 1 is 1.12 bits per heavy atom. The van der Waals surface area contributed by atoms with E-state index in [9.17, 15) is 0 Å². The molecule has 1 aliphatic heterocycles. The predicted molar refractivity (Wildman–Crippen MR) is 71.2 cm³/mol. The number of hydrogen-bond acceptors (Lipinski definition) is 2. The average molecular weight is 230 g/mol. The van der Waals surface area contributed by atoms with Crippen LogP contribution in [0.5, 0.6) is 0 Å². The van der Waals surface area contributed by atoms with E-state index in [1.165, 1.54) is 45.6 Å². The first-order valence-corrected chi connectivity index (χ1v) is 6.91. The van der Waals surface area contributed by atoms with E-state index in [2.05, 4.69) is 40.5 Å². The summed E-state index contributed by atoms with van der Waals surface area (Å²) in [6.07, 6.45) is 2.71. The molecular formula is C15H22N2. The molecule has 2 nitrogen and oxygen atoms in total. The molecule has 1 heterocycles.